The zero-order valence-electron chi connectivity index (χ0n) is 10.7. The van der Waals surface area contributed by atoms with Crippen LogP contribution in [0.2, 0.25) is 0 Å². The summed E-state index contributed by atoms with van der Waals surface area (Å²) in [7, 11) is 0. The van der Waals surface area contributed by atoms with Gasteiger partial charge in [0.15, 0.2) is 0 Å². The standard InChI is InChI=1S/C17H15NS/c1-2-6-13(7-3-1)12-18-15-9-5-4-8-14(15)17-16(18)10-11-19-17/h1-9H,10-12H2. The van der Waals surface area contributed by atoms with Gasteiger partial charge in [-0.25, -0.2) is 0 Å². The number of fused-ring (bicyclic) bond motifs is 3. The monoisotopic (exact) mass is 265 g/mol. The minimum Gasteiger partial charge on any atom is -0.339 e. The third-order valence-electron chi connectivity index (χ3n) is 3.80. The molecule has 1 aliphatic rings. The first kappa shape index (κ1) is 11.2. The van der Waals surface area contributed by atoms with E-state index in [4.69, 9.17) is 0 Å². The minimum atomic E-state index is 0.983. The second kappa shape index (κ2) is 4.46. The fourth-order valence-electron chi connectivity index (χ4n) is 2.93. The van der Waals surface area contributed by atoms with Crippen molar-refractivity contribution in [3.8, 4) is 0 Å². The maximum Gasteiger partial charge on any atom is 0.0497 e. The Hall–Kier alpha value is -1.67. The molecule has 0 aliphatic carbocycles. The van der Waals surface area contributed by atoms with Crippen LogP contribution in [0, 0.1) is 0 Å². The molecule has 0 N–H and O–H groups in total. The van der Waals surface area contributed by atoms with Gasteiger partial charge in [0.25, 0.3) is 0 Å². The molecule has 0 saturated carbocycles. The molecule has 1 aliphatic heterocycles. The first-order valence-corrected chi connectivity index (χ1v) is 7.69. The van der Waals surface area contributed by atoms with Gasteiger partial charge in [-0.15, -0.1) is 11.8 Å². The van der Waals surface area contributed by atoms with Crippen LogP contribution in [0.5, 0.6) is 0 Å². The lowest BCUT2D eigenvalue weighted by Gasteiger charge is -2.09. The number of rotatable bonds is 2. The van der Waals surface area contributed by atoms with Crippen LogP contribution in [0.3, 0.4) is 0 Å². The van der Waals surface area contributed by atoms with Crippen LogP contribution >= 0.6 is 11.8 Å². The van der Waals surface area contributed by atoms with E-state index in [-0.39, 0.29) is 0 Å². The summed E-state index contributed by atoms with van der Waals surface area (Å²) in [5, 5.41) is 1.43. The van der Waals surface area contributed by atoms with Crippen molar-refractivity contribution in [1.82, 2.24) is 4.57 Å². The molecule has 0 saturated heterocycles. The van der Waals surface area contributed by atoms with Crippen LogP contribution in [-0.2, 0) is 13.0 Å². The molecule has 0 fully saturated rings. The topological polar surface area (TPSA) is 4.93 Å². The van der Waals surface area contributed by atoms with Gasteiger partial charge in [-0.05, 0) is 18.1 Å². The predicted molar refractivity (Wildman–Crippen MR) is 81.9 cm³/mol. The summed E-state index contributed by atoms with van der Waals surface area (Å²) in [6.45, 7) is 0.983. The smallest absolute Gasteiger partial charge is 0.0497 e. The fraction of sp³-hybridized carbons (Fsp3) is 0.176. The molecular formula is C17H15NS. The Bertz CT molecular complexity index is 728. The van der Waals surface area contributed by atoms with Crippen LogP contribution in [0.25, 0.3) is 10.9 Å². The number of para-hydroxylation sites is 1. The van der Waals surface area contributed by atoms with Gasteiger partial charge in [0.2, 0.25) is 0 Å². The molecule has 1 nitrogen and oxygen atoms in total. The van der Waals surface area contributed by atoms with Crippen molar-refractivity contribution < 1.29 is 0 Å². The minimum absolute atomic E-state index is 0.983. The largest absolute Gasteiger partial charge is 0.339 e. The maximum atomic E-state index is 2.50. The van der Waals surface area contributed by atoms with Gasteiger partial charge in [-0.1, -0.05) is 48.5 Å². The van der Waals surface area contributed by atoms with E-state index < -0.39 is 0 Å². The number of nitrogens with zero attached hydrogens (tertiary/aromatic N) is 1. The van der Waals surface area contributed by atoms with Crippen molar-refractivity contribution in [3.05, 3.63) is 65.9 Å². The molecular weight excluding hydrogens is 250 g/mol. The van der Waals surface area contributed by atoms with Gasteiger partial charge in [0, 0.05) is 33.8 Å². The van der Waals surface area contributed by atoms with E-state index in [0.29, 0.717) is 0 Å². The Labute approximate surface area is 117 Å². The van der Waals surface area contributed by atoms with E-state index in [1.54, 1.807) is 0 Å². The van der Waals surface area contributed by atoms with Gasteiger partial charge in [-0.2, -0.15) is 0 Å². The summed E-state index contributed by atoms with van der Waals surface area (Å²) in [6.07, 6.45) is 1.20. The van der Waals surface area contributed by atoms with E-state index in [1.165, 1.54) is 39.2 Å². The zero-order chi connectivity index (χ0) is 12.7. The highest BCUT2D eigenvalue weighted by Crippen LogP contribution is 2.40. The fourth-order valence-corrected chi connectivity index (χ4v) is 4.14. The van der Waals surface area contributed by atoms with Gasteiger partial charge < -0.3 is 4.57 Å². The Morgan fingerprint density at radius 3 is 2.63 bits per heavy atom. The van der Waals surface area contributed by atoms with Gasteiger partial charge >= 0.3 is 0 Å². The van der Waals surface area contributed by atoms with Gasteiger partial charge in [0.05, 0.1) is 0 Å². The summed E-state index contributed by atoms with van der Waals surface area (Å²) in [6, 6.07) is 19.5. The number of benzene rings is 2. The van der Waals surface area contributed by atoms with Crippen molar-refractivity contribution in [1.29, 1.82) is 0 Å². The van der Waals surface area contributed by atoms with Crippen LogP contribution in [0.4, 0.5) is 0 Å². The molecule has 4 rings (SSSR count). The lowest BCUT2D eigenvalue weighted by atomic mass is 10.2. The van der Waals surface area contributed by atoms with Crippen molar-refractivity contribution in [2.75, 3.05) is 5.75 Å². The molecule has 0 spiro atoms. The molecule has 2 heterocycles. The van der Waals surface area contributed by atoms with Crippen molar-refractivity contribution in [3.63, 3.8) is 0 Å². The first-order chi connectivity index (χ1) is 9.43. The van der Waals surface area contributed by atoms with Crippen LogP contribution in [0.15, 0.2) is 59.5 Å². The van der Waals surface area contributed by atoms with Crippen LogP contribution in [0.1, 0.15) is 11.3 Å². The number of thioether (sulfide) groups is 1. The second-order valence-corrected chi connectivity index (χ2v) is 6.07. The molecule has 1 aromatic heterocycles. The summed E-state index contributed by atoms with van der Waals surface area (Å²) in [4.78, 5) is 1.51. The average Bonchev–Trinajstić information content (AvgIpc) is 3.04. The summed E-state index contributed by atoms with van der Waals surface area (Å²) in [5.74, 6) is 1.23. The van der Waals surface area contributed by atoms with E-state index in [0.717, 1.165) is 6.54 Å². The Balaban J connectivity index is 1.90. The van der Waals surface area contributed by atoms with E-state index in [1.807, 2.05) is 11.8 Å². The Kier molecular flexibility index (Phi) is 2.63. The maximum absolute atomic E-state index is 2.50. The molecule has 19 heavy (non-hydrogen) atoms. The van der Waals surface area contributed by atoms with Crippen molar-refractivity contribution >= 4 is 22.7 Å². The SMILES string of the molecule is c1ccc(Cn2c3c(c4ccccc42)SCC3)cc1. The van der Waals surface area contributed by atoms with Gasteiger partial charge in [-0.3, -0.25) is 0 Å². The molecule has 0 bridgehead atoms. The van der Waals surface area contributed by atoms with Crippen molar-refractivity contribution in [2.45, 2.75) is 17.9 Å². The van der Waals surface area contributed by atoms with Gasteiger partial charge in [0.1, 0.15) is 0 Å². The summed E-state index contributed by atoms with van der Waals surface area (Å²) >= 11 is 2.01. The zero-order valence-corrected chi connectivity index (χ0v) is 11.5. The summed E-state index contributed by atoms with van der Waals surface area (Å²) < 4.78 is 2.50. The molecule has 0 amide bonds. The van der Waals surface area contributed by atoms with Crippen LogP contribution in [-0.4, -0.2) is 10.3 Å². The first-order valence-electron chi connectivity index (χ1n) is 6.70. The highest BCUT2D eigenvalue weighted by Gasteiger charge is 2.21. The Morgan fingerprint density at radius 2 is 1.74 bits per heavy atom. The third-order valence-corrected chi connectivity index (χ3v) is 4.95. The average molecular weight is 265 g/mol. The van der Waals surface area contributed by atoms with Crippen LogP contribution < -0.4 is 0 Å². The summed E-state index contributed by atoms with van der Waals surface area (Å²) in [5.41, 5.74) is 4.28. The molecule has 0 radical (unpaired) electrons. The molecule has 94 valence electrons. The number of hydrogen-bond donors (Lipinski definition) is 0. The van der Waals surface area contributed by atoms with E-state index >= 15 is 0 Å². The highest BCUT2D eigenvalue weighted by molar-refractivity contribution is 7.99. The molecule has 0 unspecified atom stereocenters. The van der Waals surface area contributed by atoms with Crippen molar-refractivity contribution in [2.24, 2.45) is 0 Å². The lowest BCUT2D eigenvalue weighted by molar-refractivity contribution is 0.773. The number of aromatic nitrogens is 1. The normalized spacial score (nSPS) is 13.9. The third kappa shape index (κ3) is 1.79. The highest BCUT2D eigenvalue weighted by atomic mass is 32.2. The molecule has 2 aromatic carbocycles. The van der Waals surface area contributed by atoms with E-state index in [9.17, 15) is 0 Å². The van der Waals surface area contributed by atoms with E-state index in [2.05, 4.69) is 59.2 Å². The number of hydrogen-bond acceptors (Lipinski definition) is 1. The predicted octanol–water partition coefficient (Wildman–Crippen LogP) is 4.34. The Morgan fingerprint density at radius 1 is 0.947 bits per heavy atom. The molecule has 0 atom stereocenters. The molecule has 3 aromatic rings. The quantitative estimate of drug-likeness (QED) is 0.667. The second-order valence-electron chi connectivity index (χ2n) is 4.96. The molecule has 2 heteroatoms. The lowest BCUT2D eigenvalue weighted by Crippen LogP contribution is -2.03.